The zero-order chi connectivity index (χ0) is 23.3. The van der Waals surface area contributed by atoms with Crippen molar-refractivity contribution >= 4 is 7.25 Å². The van der Waals surface area contributed by atoms with Crippen molar-refractivity contribution in [2.45, 2.75) is 5.92 Å². The van der Waals surface area contributed by atoms with E-state index in [2.05, 4.69) is 121 Å². The van der Waals surface area contributed by atoms with Gasteiger partial charge in [-0.25, -0.2) is 0 Å². The van der Waals surface area contributed by atoms with Crippen molar-refractivity contribution in [2.24, 2.45) is 0 Å². The summed E-state index contributed by atoms with van der Waals surface area (Å²) >= 11 is 0. The summed E-state index contributed by atoms with van der Waals surface area (Å²) in [5.74, 6) is 0.243. The second kappa shape index (κ2) is 9.82. The largest absolute Gasteiger partial charge is 0.673 e. The quantitative estimate of drug-likeness (QED) is 0.145. The SMILES string of the molecule is F[B-](F)(F)F.c1ccc(-c2c(-c3ccccc3)[c+]2C(c2ccccc2)c2ccccc2)cc1. The number of hydrogen-bond acceptors (Lipinski definition) is 0. The monoisotopic (exact) mass is 444 g/mol. The highest BCUT2D eigenvalue weighted by Crippen LogP contribution is 2.55. The maximum absolute atomic E-state index is 9.75. The topological polar surface area (TPSA) is 0 Å². The molecule has 0 aliphatic heterocycles. The molecule has 0 fully saturated rings. The Bertz CT molecular complexity index is 1130. The first-order valence-corrected chi connectivity index (χ1v) is 10.6. The third-order valence-electron chi connectivity index (χ3n) is 5.41. The third kappa shape index (κ3) is 5.75. The van der Waals surface area contributed by atoms with E-state index >= 15 is 0 Å². The zero-order valence-electron chi connectivity index (χ0n) is 17.7. The van der Waals surface area contributed by atoms with Crippen LogP contribution in [0.5, 0.6) is 0 Å². The van der Waals surface area contributed by atoms with E-state index in [4.69, 9.17) is 0 Å². The molecule has 33 heavy (non-hydrogen) atoms. The molecule has 0 unspecified atom stereocenters. The summed E-state index contributed by atoms with van der Waals surface area (Å²) < 4.78 is 39.0. The fraction of sp³-hybridized carbons (Fsp3) is 0.0357. The first-order valence-electron chi connectivity index (χ1n) is 10.6. The molecule has 0 heterocycles. The molecule has 0 saturated carbocycles. The summed E-state index contributed by atoms with van der Waals surface area (Å²) in [7, 11) is -6.00. The predicted octanol–water partition coefficient (Wildman–Crippen LogP) is 8.66. The Balaban J connectivity index is 0.000000471. The highest BCUT2D eigenvalue weighted by Gasteiger charge is 2.45. The van der Waals surface area contributed by atoms with Crippen LogP contribution >= 0.6 is 0 Å². The Morgan fingerprint density at radius 3 is 1.03 bits per heavy atom. The van der Waals surface area contributed by atoms with Crippen molar-refractivity contribution in [3.05, 3.63) is 138 Å². The zero-order valence-corrected chi connectivity index (χ0v) is 17.7. The van der Waals surface area contributed by atoms with E-state index in [1.54, 1.807) is 0 Å². The minimum atomic E-state index is -6.00. The lowest BCUT2D eigenvalue weighted by Gasteiger charge is -2.12. The lowest BCUT2D eigenvalue weighted by atomic mass is 9.88. The summed E-state index contributed by atoms with van der Waals surface area (Å²) in [5.41, 5.74) is 9.50. The number of rotatable bonds is 5. The maximum atomic E-state index is 9.75. The average molecular weight is 444 g/mol. The van der Waals surface area contributed by atoms with Crippen LogP contribution in [0, 0.1) is 0 Å². The number of hydrogen-bond donors (Lipinski definition) is 0. The minimum Gasteiger partial charge on any atom is -0.418 e. The highest BCUT2D eigenvalue weighted by atomic mass is 19.5. The maximum Gasteiger partial charge on any atom is 0.673 e. The minimum absolute atomic E-state index is 0.243. The van der Waals surface area contributed by atoms with E-state index in [1.165, 1.54) is 38.9 Å². The molecule has 0 N–H and O–H groups in total. The van der Waals surface area contributed by atoms with E-state index in [1.807, 2.05) is 0 Å². The van der Waals surface area contributed by atoms with Gasteiger partial charge in [-0.05, 0) is 35.4 Å². The van der Waals surface area contributed by atoms with Crippen LogP contribution < -0.4 is 0 Å². The van der Waals surface area contributed by atoms with Gasteiger partial charge in [0.25, 0.3) is 0 Å². The van der Waals surface area contributed by atoms with E-state index in [-0.39, 0.29) is 5.92 Å². The molecule has 0 aromatic heterocycles. The van der Waals surface area contributed by atoms with Gasteiger partial charge < -0.3 is 17.3 Å². The summed E-state index contributed by atoms with van der Waals surface area (Å²) in [4.78, 5) is 0. The molecular formula is C28H21BF4. The van der Waals surface area contributed by atoms with Crippen LogP contribution in [0.1, 0.15) is 22.6 Å². The molecule has 5 aromatic carbocycles. The molecule has 0 aliphatic rings. The molecule has 0 saturated heterocycles. The van der Waals surface area contributed by atoms with Gasteiger partial charge in [0.15, 0.2) is 11.1 Å². The molecule has 0 bridgehead atoms. The number of benzene rings is 4. The van der Waals surface area contributed by atoms with E-state index < -0.39 is 7.25 Å². The fourth-order valence-electron chi connectivity index (χ4n) is 4.12. The van der Waals surface area contributed by atoms with Gasteiger partial charge in [0.1, 0.15) is 5.56 Å². The van der Waals surface area contributed by atoms with Crippen molar-refractivity contribution in [2.75, 3.05) is 0 Å². The third-order valence-corrected chi connectivity index (χ3v) is 5.41. The van der Waals surface area contributed by atoms with Gasteiger partial charge in [0.05, 0.1) is 17.0 Å². The Kier molecular flexibility index (Phi) is 6.69. The van der Waals surface area contributed by atoms with Crippen molar-refractivity contribution in [1.82, 2.24) is 0 Å². The Labute approximate surface area is 191 Å². The Morgan fingerprint density at radius 1 is 0.455 bits per heavy atom. The lowest BCUT2D eigenvalue weighted by molar-refractivity contribution is 0.368. The Hall–Kier alpha value is -3.73. The smallest absolute Gasteiger partial charge is 0.418 e. The molecule has 164 valence electrons. The van der Waals surface area contributed by atoms with E-state index in [0.717, 1.165) is 0 Å². The standard InChI is InChI=1S/C28H21.BF4/c1-5-13-21(14-6-1)25(22-15-7-2-8-16-22)28-26(23-17-9-3-10-18-23)27(28)24-19-11-4-12-20-24;2-1(3,4)5/h1-20,25H;/q+1;-1. The molecule has 0 nitrogen and oxygen atoms in total. The molecular weight excluding hydrogens is 423 g/mol. The van der Waals surface area contributed by atoms with E-state index in [9.17, 15) is 17.3 Å². The van der Waals surface area contributed by atoms with Crippen molar-refractivity contribution in [3.8, 4) is 22.3 Å². The van der Waals surface area contributed by atoms with Gasteiger partial charge in [0, 0.05) is 0 Å². The fourth-order valence-corrected chi connectivity index (χ4v) is 4.12. The number of halogens is 4. The van der Waals surface area contributed by atoms with Crippen LogP contribution in [0.4, 0.5) is 17.3 Å². The predicted molar refractivity (Wildman–Crippen MR) is 128 cm³/mol. The van der Waals surface area contributed by atoms with Crippen LogP contribution in [-0.4, -0.2) is 7.25 Å². The normalized spacial score (nSPS) is 11.3. The highest BCUT2D eigenvalue weighted by molar-refractivity contribution is 6.50. The van der Waals surface area contributed by atoms with Crippen molar-refractivity contribution in [1.29, 1.82) is 0 Å². The van der Waals surface area contributed by atoms with Gasteiger partial charge >= 0.3 is 7.25 Å². The molecule has 0 spiro atoms. The Morgan fingerprint density at radius 2 is 0.727 bits per heavy atom. The average Bonchev–Trinajstić information content (AvgIpc) is 3.56. The first-order chi connectivity index (χ1) is 15.9. The lowest BCUT2D eigenvalue weighted by Crippen LogP contribution is -2.02. The van der Waals surface area contributed by atoms with Gasteiger partial charge in [-0.1, -0.05) is 97.1 Å². The second-order valence-electron chi connectivity index (χ2n) is 7.64. The molecule has 0 aliphatic carbocycles. The van der Waals surface area contributed by atoms with Crippen LogP contribution in [0.15, 0.2) is 121 Å². The molecule has 0 atom stereocenters. The van der Waals surface area contributed by atoms with E-state index in [0.29, 0.717) is 0 Å². The molecule has 0 amide bonds. The molecule has 0 radical (unpaired) electrons. The summed E-state index contributed by atoms with van der Waals surface area (Å²) in [6.45, 7) is 0. The second-order valence-corrected chi connectivity index (χ2v) is 7.64. The van der Waals surface area contributed by atoms with Gasteiger partial charge in [-0.15, -0.1) is 0 Å². The summed E-state index contributed by atoms with van der Waals surface area (Å²) in [6, 6.07) is 43.3. The molecule has 5 aromatic rings. The van der Waals surface area contributed by atoms with Crippen LogP contribution in [0.25, 0.3) is 22.3 Å². The van der Waals surface area contributed by atoms with Gasteiger partial charge in [-0.2, -0.15) is 0 Å². The van der Waals surface area contributed by atoms with Crippen LogP contribution in [-0.2, 0) is 0 Å². The first kappa shape index (κ1) is 22.5. The van der Waals surface area contributed by atoms with Gasteiger partial charge in [0.2, 0.25) is 0 Å². The van der Waals surface area contributed by atoms with Crippen molar-refractivity contribution < 1.29 is 17.3 Å². The van der Waals surface area contributed by atoms with Gasteiger partial charge in [-0.3, -0.25) is 0 Å². The van der Waals surface area contributed by atoms with Crippen molar-refractivity contribution in [3.63, 3.8) is 0 Å². The molecule has 5 heteroatoms. The summed E-state index contributed by atoms with van der Waals surface area (Å²) in [6.07, 6.45) is 0. The van der Waals surface area contributed by atoms with Crippen LogP contribution in [0.3, 0.4) is 0 Å². The molecule has 5 rings (SSSR count). The summed E-state index contributed by atoms with van der Waals surface area (Å²) in [5, 5.41) is 0. The van der Waals surface area contributed by atoms with Crippen LogP contribution in [0.2, 0.25) is 0 Å².